The smallest absolute Gasteiger partial charge is 0.119 e. The van der Waals surface area contributed by atoms with Crippen LogP contribution in [0.4, 0.5) is 0 Å². The number of hydrogen-bond acceptors (Lipinski definition) is 4. The molecule has 0 spiro atoms. The van der Waals surface area contributed by atoms with E-state index in [1.54, 1.807) is 7.11 Å². The summed E-state index contributed by atoms with van der Waals surface area (Å²) in [5.41, 5.74) is 1.17. The number of aromatic nitrogens is 2. The van der Waals surface area contributed by atoms with Crippen molar-refractivity contribution in [3.63, 3.8) is 0 Å². The fourth-order valence-corrected chi connectivity index (χ4v) is 1.89. The predicted octanol–water partition coefficient (Wildman–Crippen LogP) is 2.08. The second-order valence-electron chi connectivity index (χ2n) is 4.35. The lowest BCUT2D eigenvalue weighted by atomic mass is 10.3. The minimum absolute atomic E-state index is 0.590. The van der Waals surface area contributed by atoms with Crippen molar-refractivity contribution in [1.29, 1.82) is 0 Å². The van der Waals surface area contributed by atoms with Crippen molar-refractivity contribution in [3.8, 4) is 11.5 Å². The van der Waals surface area contributed by atoms with E-state index in [-0.39, 0.29) is 0 Å². The first-order chi connectivity index (χ1) is 9.83. The largest absolute Gasteiger partial charge is 0.497 e. The summed E-state index contributed by atoms with van der Waals surface area (Å²) >= 11 is 0. The van der Waals surface area contributed by atoms with Gasteiger partial charge in [-0.05, 0) is 36.9 Å². The molecule has 0 radical (unpaired) electrons. The minimum atomic E-state index is 0.590. The van der Waals surface area contributed by atoms with E-state index in [0.717, 1.165) is 31.1 Å². The topological polar surface area (TPSA) is 48.3 Å². The van der Waals surface area contributed by atoms with Gasteiger partial charge in [-0.25, -0.2) is 0 Å². The Kier molecular flexibility index (Phi) is 5.43. The van der Waals surface area contributed by atoms with Crippen molar-refractivity contribution >= 4 is 0 Å². The van der Waals surface area contributed by atoms with Crippen LogP contribution in [0.1, 0.15) is 12.6 Å². The molecule has 1 heterocycles. The van der Waals surface area contributed by atoms with Gasteiger partial charge >= 0.3 is 0 Å². The standard InChI is InChI=1S/C15H21N3O2/c1-3-16-12-13-8-9-17-18(13)10-11-20-15-6-4-14(19-2)5-7-15/h4-9,16H,3,10-12H2,1-2H3. The number of rotatable bonds is 8. The quantitative estimate of drug-likeness (QED) is 0.801. The Morgan fingerprint density at radius 2 is 1.90 bits per heavy atom. The highest BCUT2D eigenvalue weighted by molar-refractivity contribution is 5.31. The first-order valence-electron chi connectivity index (χ1n) is 6.81. The van der Waals surface area contributed by atoms with Gasteiger partial charge in [0.05, 0.1) is 19.3 Å². The van der Waals surface area contributed by atoms with Crippen LogP contribution >= 0.6 is 0 Å². The SMILES string of the molecule is CCNCc1ccnn1CCOc1ccc(OC)cc1. The normalized spacial score (nSPS) is 10.5. The molecule has 0 saturated carbocycles. The maximum atomic E-state index is 5.70. The highest BCUT2D eigenvalue weighted by Gasteiger charge is 2.02. The van der Waals surface area contributed by atoms with Crippen molar-refractivity contribution in [2.45, 2.75) is 20.0 Å². The number of methoxy groups -OCH3 is 1. The van der Waals surface area contributed by atoms with Crippen LogP contribution < -0.4 is 14.8 Å². The molecule has 2 rings (SSSR count). The van der Waals surface area contributed by atoms with Crippen LogP contribution in [0.5, 0.6) is 11.5 Å². The van der Waals surface area contributed by atoms with Crippen molar-refractivity contribution in [2.75, 3.05) is 20.3 Å². The summed E-state index contributed by atoms with van der Waals surface area (Å²) in [7, 11) is 1.65. The van der Waals surface area contributed by atoms with E-state index < -0.39 is 0 Å². The number of nitrogens with zero attached hydrogens (tertiary/aromatic N) is 2. The Hall–Kier alpha value is -2.01. The third-order valence-corrected chi connectivity index (χ3v) is 2.99. The molecule has 20 heavy (non-hydrogen) atoms. The van der Waals surface area contributed by atoms with Crippen LogP contribution in [0.25, 0.3) is 0 Å². The van der Waals surface area contributed by atoms with Crippen LogP contribution in [0.15, 0.2) is 36.5 Å². The highest BCUT2D eigenvalue weighted by atomic mass is 16.5. The van der Waals surface area contributed by atoms with Crippen molar-refractivity contribution in [2.24, 2.45) is 0 Å². The zero-order chi connectivity index (χ0) is 14.2. The molecule has 0 aliphatic carbocycles. The van der Waals surface area contributed by atoms with E-state index in [4.69, 9.17) is 9.47 Å². The van der Waals surface area contributed by atoms with Crippen LogP contribution in [-0.2, 0) is 13.1 Å². The van der Waals surface area contributed by atoms with E-state index in [0.29, 0.717) is 6.61 Å². The molecule has 0 bridgehead atoms. The summed E-state index contributed by atoms with van der Waals surface area (Å²) in [6.07, 6.45) is 1.82. The molecule has 0 amide bonds. The van der Waals surface area contributed by atoms with Gasteiger partial charge in [0.15, 0.2) is 0 Å². The predicted molar refractivity (Wildman–Crippen MR) is 78.1 cm³/mol. The molecule has 1 N–H and O–H groups in total. The average Bonchev–Trinajstić information content (AvgIpc) is 2.93. The summed E-state index contributed by atoms with van der Waals surface area (Å²) in [4.78, 5) is 0. The molecular weight excluding hydrogens is 254 g/mol. The molecule has 1 aromatic carbocycles. The van der Waals surface area contributed by atoms with Gasteiger partial charge in [-0.2, -0.15) is 5.10 Å². The first kappa shape index (κ1) is 14.4. The molecule has 0 unspecified atom stereocenters. The Bertz CT molecular complexity index is 508. The van der Waals surface area contributed by atoms with Crippen LogP contribution in [0.2, 0.25) is 0 Å². The average molecular weight is 275 g/mol. The summed E-state index contributed by atoms with van der Waals surface area (Å²) in [5, 5.41) is 7.60. The van der Waals surface area contributed by atoms with Crippen molar-refractivity contribution in [3.05, 3.63) is 42.2 Å². The molecular formula is C15H21N3O2. The molecule has 0 aliphatic rings. The Balaban J connectivity index is 1.81. The van der Waals surface area contributed by atoms with Gasteiger partial charge in [0.1, 0.15) is 18.1 Å². The van der Waals surface area contributed by atoms with Crippen molar-refractivity contribution < 1.29 is 9.47 Å². The van der Waals surface area contributed by atoms with Crippen LogP contribution in [-0.4, -0.2) is 30.0 Å². The minimum Gasteiger partial charge on any atom is -0.497 e. The summed E-state index contributed by atoms with van der Waals surface area (Å²) in [6.45, 7) is 5.20. The summed E-state index contributed by atoms with van der Waals surface area (Å²) < 4.78 is 12.8. The Morgan fingerprint density at radius 3 is 2.60 bits per heavy atom. The third kappa shape index (κ3) is 3.99. The number of hydrogen-bond donors (Lipinski definition) is 1. The molecule has 2 aromatic rings. The van der Waals surface area contributed by atoms with Crippen LogP contribution in [0.3, 0.4) is 0 Å². The van der Waals surface area contributed by atoms with E-state index in [2.05, 4.69) is 17.3 Å². The van der Waals surface area contributed by atoms with Gasteiger partial charge in [0.25, 0.3) is 0 Å². The zero-order valence-corrected chi connectivity index (χ0v) is 12.0. The van der Waals surface area contributed by atoms with E-state index in [1.807, 2.05) is 41.2 Å². The van der Waals surface area contributed by atoms with Gasteiger partial charge in [0.2, 0.25) is 0 Å². The third-order valence-electron chi connectivity index (χ3n) is 2.99. The lowest BCUT2D eigenvalue weighted by molar-refractivity contribution is 0.288. The molecule has 0 fully saturated rings. The monoisotopic (exact) mass is 275 g/mol. The molecule has 0 saturated heterocycles. The van der Waals surface area contributed by atoms with Crippen molar-refractivity contribution in [1.82, 2.24) is 15.1 Å². The lowest BCUT2D eigenvalue weighted by Crippen LogP contribution is -2.18. The first-order valence-corrected chi connectivity index (χ1v) is 6.81. The molecule has 5 heteroatoms. The maximum absolute atomic E-state index is 5.70. The van der Waals surface area contributed by atoms with Gasteiger partial charge in [0, 0.05) is 12.7 Å². The second kappa shape index (κ2) is 7.55. The Labute approximate surface area is 119 Å². The summed E-state index contributed by atoms with van der Waals surface area (Å²) in [5.74, 6) is 1.67. The van der Waals surface area contributed by atoms with Gasteiger partial charge in [-0.1, -0.05) is 6.92 Å². The fourth-order valence-electron chi connectivity index (χ4n) is 1.89. The van der Waals surface area contributed by atoms with E-state index >= 15 is 0 Å². The molecule has 108 valence electrons. The van der Waals surface area contributed by atoms with Gasteiger partial charge < -0.3 is 14.8 Å². The second-order valence-corrected chi connectivity index (χ2v) is 4.35. The molecule has 0 atom stereocenters. The van der Waals surface area contributed by atoms with Gasteiger partial charge in [-0.3, -0.25) is 4.68 Å². The molecule has 0 aliphatic heterocycles. The zero-order valence-electron chi connectivity index (χ0n) is 12.0. The number of nitrogens with one attached hydrogen (secondary N) is 1. The molecule has 5 nitrogen and oxygen atoms in total. The Morgan fingerprint density at radius 1 is 1.15 bits per heavy atom. The lowest BCUT2D eigenvalue weighted by Gasteiger charge is -2.10. The maximum Gasteiger partial charge on any atom is 0.119 e. The fraction of sp³-hybridized carbons (Fsp3) is 0.400. The number of ether oxygens (including phenoxy) is 2. The van der Waals surface area contributed by atoms with Crippen LogP contribution in [0, 0.1) is 0 Å². The van der Waals surface area contributed by atoms with Gasteiger partial charge in [-0.15, -0.1) is 0 Å². The summed E-state index contributed by atoms with van der Waals surface area (Å²) in [6, 6.07) is 9.61. The van der Waals surface area contributed by atoms with E-state index in [9.17, 15) is 0 Å². The number of benzene rings is 1. The van der Waals surface area contributed by atoms with E-state index in [1.165, 1.54) is 5.69 Å². The molecule has 1 aromatic heterocycles. The highest BCUT2D eigenvalue weighted by Crippen LogP contribution is 2.16.